The third kappa shape index (κ3) is 4.57. The Kier molecular flexibility index (Phi) is 6.63. The minimum atomic E-state index is -3.58. The normalized spacial score (nSPS) is 18.2. The molecule has 3 heterocycles. The van der Waals surface area contributed by atoms with E-state index in [0.29, 0.717) is 29.4 Å². The molecule has 1 aliphatic rings. The Bertz CT molecular complexity index is 1160. The van der Waals surface area contributed by atoms with Crippen LogP contribution >= 0.6 is 11.3 Å². The molecule has 1 saturated heterocycles. The van der Waals surface area contributed by atoms with Crippen molar-refractivity contribution < 1.29 is 17.9 Å². The van der Waals surface area contributed by atoms with Crippen molar-refractivity contribution in [2.75, 3.05) is 20.2 Å². The second-order valence-corrected chi connectivity index (χ2v) is 10.9. The van der Waals surface area contributed by atoms with Crippen LogP contribution in [0.15, 0.2) is 58.4 Å². The number of hydrogen-bond donors (Lipinski definition) is 1. The number of piperidine rings is 1. The molecular weight excluding hydrogens is 448 g/mol. The molecule has 3 aromatic rings. The quantitative estimate of drug-likeness (QED) is 0.568. The van der Waals surface area contributed by atoms with Crippen LogP contribution in [0.2, 0.25) is 0 Å². The molecule has 4 rings (SSSR count). The highest BCUT2D eigenvalue weighted by Gasteiger charge is 2.35. The van der Waals surface area contributed by atoms with E-state index in [1.807, 2.05) is 42.1 Å². The fraction of sp³-hybridized carbons (Fsp3) is 0.364. The number of ether oxygens (including phenoxy) is 1. The highest BCUT2D eigenvalue weighted by atomic mass is 32.2. The second-order valence-electron chi connectivity index (χ2n) is 7.75. The third-order valence-corrected chi connectivity index (χ3v) is 8.93. The fourth-order valence-electron chi connectivity index (χ4n) is 3.92. The lowest BCUT2D eigenvalue weighted by Crippen LogP contribution is -2.46. The number of benzene rings is 1. The van der Waals surface area contributed by atoms with Crippen LogP contribution in [0.3, 0.4) is 0 Å². The number of carbonyl (C=O) groups is 1. The Morgan fingerprint density at radius 3 is 2.69 bits per heavy atom. The summed E-state index contributed by atoms with van der Waals surface area (Å²) >= 11 is 1.19. The van der Waals surface area contributed by atoms with Gasteiger partial charge in [0.1, 0.15) is 21.8 Å². The average Bonchev–Trinajstić information content (AvgIpc) is 3.50. The maximum absolute atomic E-state index is 13.3. The number of imidazole rings is 1. The van der Waals surface area contributed by atoms with Gasteiger partial charge in [-0.15, -0.1) is 11.3 Å². The van der Waals surface area contributed by atoms with Gasteiger partial charge in [0.25, 0.3) is 10.0 Å². The van der Waals surface area contributed by atoms with Crippen molar-refractivity contribution in [1.29, 1.82) is 0 Å². The predicted octanol–water partition coefficient (Wildman–Crippen LogP) is 2.80. The zero-order valence-corrected chi connectivity index (χ0v) is 19.6. The number of hydrogen-bond acceptors (Lipinski definition) is 6. The van der Waals surface area contributed by atoms with Gasteiger partial charge in [-0.3, -0.25) is 4.79 Å². The summed E-state index contributed by atoms with van der Waals surface area (Å²) in [5.41, 5.74) is 0.868. The first-order valence-corrected chi connectivity index (χ1v) is 12.7. The summed E-state index contributed by atoms with van der Waals surface area (Å²) in [7, 11) is -0.103. The zero-order chi connectivity index (χ0) is 22.7. The monoisotopic (exact) mass is 474 g/mol. The number of aromatic nitrogens is 2. The van der Waals surface area contributed by atoms with Crippen LogP contribution in [-0.4, -0.2) is 48.4 Å². The molecule has 1 fully saturated rings. The zero-order valence-electron chi connectivity index (χ0n) is 18.0. The number of carbonyl (C=O) groups excluding carboxylic acids is 1. The van der Waals surface area contributed by atoms with Gasteiger partial charge in [0.15, 0.2) is 0 Å². The van der Waals surface area contributed by atoms with Crippen molar-refractivity contribution in [3.8, 4) is 5.75 Å². The molecule has 10 heteroatoms. The molecule has 2 aromatic heterocycles. The molecule has 0 radical (unpaired) electrons. The highest BCUT2D eigenvalue weighted by Crippen LogP contribution is 2.28. The SMILES string of the molecule is COc1ccc([C@@H](NC(=O)[C@H]2CCCN(S(=O)(=O)c3cccs3)C2)c2nccn2C)cc1. The van der Waals surface area contributed by atoms with Gasteiger partial charge >= 0.3 is 0 Å². The summed E-state index contributed by atoms with van der Waals surface area (Å²) in [4.78, 5) is 17.7. The van der Waals surface area contributed by atoms with E-state index in [2.05, 4.69) is 10.3 Å². The molecule has 1 aliphatic heterocycles. The molecule has 1 N–H and O–H groups in total. The average molecular weight is 475 g/mol. The van der Waals surface area contributed by atoms with Crippen molar-refractivity contribution in [2.24, 2.45) is 13.0 Å². The van der Waals surface area contributed by atoms with E-state index in [1.165, 1.54) is 15.6 Å². The molecule has 2 atom stereocenters. The number of methoxy groups -OCH3 is 1. The summed E-state index contributed by atoms with van der Waals surface area (Å²) in [6.45, 7) is 0.591. The van der Waals surface area contributed by atoms with Gasteiger partial charge in [0.2, 0.25) is 5.91 Å². The molecule has 0 aliphatic carbocycles. The first-order chi connectivity index (χ1) is 15.4. The Morgan fingerprint density at radius 2 is 2.06 bits per heavy atom. The highest BCUT2D eigenvalue weighted by molar-refractivity contribution is 7.91. The van der Waals surface area contributed by atoms with Gasteiger partial charge < -0.3 is 14.6 Å². The van der Waals surface area contributed by atoms with E-state index in [-0.39, 0.29) is 12.5 Å². The van der Waals surface area contributed by atoms with Crippen LogP contribution in [0.5, 0.6) is 5.75 Å². The lowest BCUT2D eigenvalue weighted by Gasteiger charge is -2.32. The van der Waals surface area contributed by atoms with Crippen LogP contribution in [0.4, 0.5) is 0 Å². The van der Waals surface area contributed by atoms with E-state index in [4.69, 9.17) is 4.74 Å². The molecule has 8 nitrogen and oxygen atoms in total. The van der Waals surface area contributed by atoms with Gasteiger partial charge in [0.05, 0.1) is 13.0 Å². The summed E-state index contributed by atoms with van der Waals surface area (Å²) in [6.07, 6.45) is 4.79. The molecule has 32 heavy (non-hydrogen) atoms. The molecule has 0 bridgehead atoms. The molecule has 1 amide bonds. The number of sulfonamides is 1. The Balaban J connectivity index is 1.54. The first kappa shape index (κ1) is 22.5. The smallest absolute Gasteiger partial charge is 0.252 e. The Hall–Kier alpha value is -2.69. The molecule has 1 aromatic carbocycles. The molecule has 0 unspecified atom stereocenters. The van der Waals surface area contributed by atoms with Gasteiger partial charge in [-0.2, -0.15) is 4.31 Å². The number of thiophene rings is 1. The maximum atomic E-state index is 13.3. The van der Waals surface area contributed by atoms with Crippen LogP contribution in [0, 0.1) is 5.92 Å². The summed E-state index contributed by atoms with van der Waals surface area (Å²) < 4.78 is 34.7. The largest absolute Gasteiger partial charge is 0.497 e. The predicted molar refractivity (Wildman–Crippen MR) is 122 cm³/mol. The van der Waals surface area contributed by atoms with E-state index in [1.54, 1.807) is 30.8 Å². The van der Waals surface area contributed by atoms with Crippen LogP contribution < -0.4 is 10.1 Å². The van der Waals surface area contributed by atoms with Crippen molar-refractivity contribution in [2.45, 2.75) is 23.1 Å². The van der Waals surface area contributed by atoms with E-state index >= 15 is 0 Å². The van der Waals surface area contributed by atoms with Crippen molar-refractivity contribution >= 4 is 27.3 Å². The fourth-order valence-corrected chi connectivity index (χ4v) is 6.59. The van der Waals surface area contributed by atoms with E-state index < -0.39 is 22.0 Å². The van der Waals surface area contributed by atoms with Gasteiger partial charge in [-0.25, -0.2) is 13.4 Å². The number of rotatable bonds is 7. The van der Waals surface area contributed by atoms with E-state index in [9.17, 15) is 13.2 Å². The summed E-state index contributed by atoms with van der Waals surface area (Å²) in [5.74, 6) is 0.808. The lowest BCUT2D eigenvalue weighted by molar-refractivity contribution is -0.126. The minimum absolute atomic E-state index is 0.169. The van der Waals surface area contributed by atoms with Crippen LogP contribution in [-0.2, 0) is 21.9 Å². The minimum Gasteiger partial charge on any atom is -0.497 e. The van der Waals surface area contributed by atoms with Gasteiger partial charge in [-0.1, -0.05) is 18.2 Å². The van der Waals surface area contributed by atoms with Crippen molar-refractivity contribution in [1.82, 2.24) is 19.2 Å². The topological polar surface area (TPSA) is 93.5 Å². The molecule has 0 saturated carbocycles. The summed E-state index contributed by atoms with van der Waals surface area (Å²) in [6, 6.07) is 10.3. The van der Waals surface area contributed by atoms with Gasteiger partial charge in [0, 0.05) is 32.5 Å². The van der Waals surface area contributed by atoms with Crippen molar-refractivity contribution in [3.05, 3.63) is 65.6 Å². The molecule has 170 valence electrons. The number of amides is 1. The third-order valence-electron chi connectivity index (χ3n) is 5.70. The van der Waals surface area contributed by atoms with Crippen LogP contribution in [0.25, 0.3) is 0 Å². The number of nitrogens with one attached hydrogen (secondary N) is 1. The summed E-state index contributed by atoms with van der Waals surface area (Å²) in [5, 5.41) is 4.85. The van der Waals surface area contributed by atoms with Crippen LogP contribution in [0.1, 0.15) is 30.3 Å². The first-order valence-electron chi connectivity index (χ1n) is 10.4. The second kappa shape index (κ2) is 9.43. The van der Waals surface area contributed by atoms with Gasteiger partial charge in [-0.05, 0) is 42.0 Å². The molecule has 0 spiro atoms. The standard InChI is InChI=1S/C22H26N4O4S2/c1-25-13-11-23-21(25)20(16-7-9-18(30-2)10-8-16)24-22(27)17-5-3-12-26(15-17)32(28,29)19-6-4-14-31-19/h4,6-11,13-14,17,20H,3,5,12,15H2,1-2H3,(H,24,27)/t17-,20+/m0/s1. The number of aryl methyl sites for hydroxylation is 1. The molecular formula is C22H26N4O4S2. The lowest BCUT2D eigenvalue weighted by atomic mass is 9.97. The Labute approximate surface area is 191 Å². The van der Waals surface area contributed by atoms with Crippen molar-refractivity contribution in [3.63, 3.8) is 0 Å². The maximum Gasteiger partial charge on any atom is 0.252 e. The van der Waals surface area contributed by atoms with E-state index in [0.717, 1.165) is 11.3 Å². The Morgan fingerprint density at radius 1 is 1.28 bits per heavy atom. The number of nitrogens with zero attached hydrogens (tertiary/aromatic N) is 3.